The second kappa shape index (κ2) is 9.41. The lowest BCUT2D eigenvalue weighted by molar-refractivity contribution is -0.120. The van der Waals surface area contributed by atoms with Gasteiger partial charge in [0, 0.05) is 18.9 Å². The van der Waals surface area contributed by atoms with Gasteiger partial charge in [0.2, 0.25) is 5.91 Å². The summed E-state index contributed by atoms with van der Waals surface area (Å²) < 4.78 is 13.2. The first kappa shape index (κ1) is 19.2. The summed E-state index contributed by atoms with van der Waals surface area (Å²) >= 11 is 0. The number of carbonyl (C=O) groups is 1. The highest BCUT2D eigenvalue weighted by Gasteiger charge is 2.07. The summed E-state index contributed by atoms with van der Waals surface area (Å²) in [5, 5.41) is 4.04. The molecule has 1 aromatic heterocycles. The maximum absolute atomic E-state index is 12.0. The molecule has 0 unspecified atom stereocenters. The largest absolute Gasteiger partial charge is 0.493 e. The molecule has 0 radical (unpaired) electrons. The molecule has 0 spiro atoms. The van der Waals surface area contributed by atoms with Crippen LogP contribution in [-0.4, -0.2) is 23.8 Å². The van der Waals surface area contributed by atoms with Crippen molar-refractivity contribution in [3.8, 4) is 11.5 Å². The lowest BCUT2D eigenvalue weighted by Crippen LogP contribution is -2.20. The van der Waals surface area contributed by atoms with Gasteiger partial charge in [-0.2, -0.15) is 5.10 Å². The Kier molecular flexibility index (Phi) is 6.46. The number of ether oxygens (including phenoxy) is 2. The summed E-state index contributed by atoms with van der Waals surface area (Å²) in [5.74, 6) is 1.08. The summed E-state index contributed by atoms with van der Waals surface area (Å²) in [5.41, 5.74) is 5.33. The molecule has 0 aliphatic carbocycles. The van der Waals surface area contributed by atoms with Gasteiger partial charge in [-0.15, -0.1) is 0 Å². The molecule has 0 saturated carbocycles. The van der Waals surface area contributed by atoms with E-state index >= 15 is 0 Å². The summed E-state index contributed by atoms with van der Waals surface area (Å²) in [6.45, 7) is 0.436. The number of hydrogen-bond acceptors (Lipinski definition) is 4. The van der Waals surface area contributed by atoms with Gasteiger partial charge in [-0.05, 0) is 41.5 Å². The van der Waals surface area contributed by atoms with E-state index in [4.69, 9.17) is 9.47 Å². The number of benzene rings is 2. The number of amides is 1. The van der Waals surface area contributed by atoms with Gasteiger partial charge >= 0.3 is 0 Å². The van der Waals surface area contributed by atoms with Gasteiger partial charge in [0.1, 0.15) is 6.61 Å². The number of methoxy groups -OCH3 is 1. The van der Waals surface area contributed by atoms with Crippen LogP contribution in [0.4, 0.5) is 0 Å². The van der Waals surface area contributed by atoms with Crippen molar-refractivity contribution in [2.24, 2.45) is 12.1 Å². The molecule has 0 aliphatic rings. The predicted octanol–water partition coefficient (Wildman–Crippen LogP) is 3.31. The average molecular weight is 377 g/mol. The van der Waals surface area contributed by atoms with Gasteiger partial charge in [-0.25, -0.2) is 5.43 Å². The van der Waals surface area contributed by atoms with Crippen molar-refractivity contribution in [2.45, 2.75) is 13.0 Å². The Balaban J connectivity index is 1.61. The molecule has 1 amide bonds. The van der Waals surface area contributed by atoms with E-state index in [0.29, 0.717) is 18.1 Å². The van der Waals surface area contributed by atoms with E-state index in [1.807, 2.05) is 78.5 Å². The van der Waals surface area contributed by atoms with Crippen molar-refractivity contribution in [2.75, 3.05) is 7.11 Å². The summed E-state index contributed by atoms with van der Waals surface area (Å²) in [6.07, 6.45) is 3.76. The smallest absolute Gasteiger partial charge is 0.245 e. The van der Waals surface area contributed by atoms with Gasteiger partial charge in [-0.3, -0.25) is 4.79 Å². The van der Waals surface area contributed by atoms with E-state index in [9.17, 15) is 4.79 Å². The number of rotatable bonds is 8. The molecule has 1 heterocycles. The minimum absolute atomic E-state index is 0.174. The molecule has 3 rings (SSSR count). The quantitative estimate of drug-likeness (QED) is 0.484. The minimum Gasteiger partial charge on any atom is -0.493 e. The molecule has 6 nitrogen and oxygen atoms in total. The predicted molar refractivity (Wildman–Crippen MR) is 109 cm³/mol. The molecule has 3 aromatic rings. The molecule has 0 fully saturated rings. The van der Waals surface area contributed by atoms with Crippen LogP contribution in [0.1, 0.15) is 16.8 Å². The molecule has 144 valence electrons. The van der Waals surface area contributed by atoms with Crippen molar-refractivity contribution < 1.29 is 14.3 Å². The van der Waals surface area contributed by atoms with Crippen LogP contribution in [0.3, 0.4) is 0 Å². The van der Waals surface area contributed by atoms with Gasteiger partial charge in [0.25, 0.3) is 0 Å². The molecule has 6 heteroatoms. The third-order valence-corrected chi connectivity index (χ3v) is 4.22. The van der Waals surface area contributed by atoms with Crippen molar-refractivity contribution in [1.29, 1.82) is 0 Å². The van der Waals surface area contributed by atoms with Crippen LogP contribution in [0, 0.1) is 0 Å². The second-order valence-electron chi connectivity index (χ2n) is 6.26. The van der Waals surface area contributed by atoms with E-state index < -0.39 is 0 Å². The summed E-state index contributed by atoms with van der Waals surface area (Å²) in [7, 11) is 3.50. The van der Waals surface area contributed by atoms with Crippen molar-refractivity contribution >= 4 is 12.1 Å². The zero-order valence-corrected chi connectivity index (χ0v) is 16.0. The topological polar surface area (TPSA) is 64.8 Å². The SMILES string of the molecule is COc1ccc(/C=N\NC(=O)Cc2cccn2C)cc1OCc1ccccc1. The minimum atomic E-state index is -0.174. The molecule has 0 atom stereocenters. The number of aromatic nitrogens is 1. The molecular formula is C22H23N3O3. The van der Waals surface area contributed by atoms with Crippen molar-refractivity contribution in [3.63, 3.8) is 0 Å². The average Bonchev–Trinajstić information content (AvgIpc) is 3.11. The molecule has 1 N–H and O–H groups in total. The Morgan fingerprint density at radius 1 is 1.11 bits per heavy atom. The Bertz CT molecular complexity index is 949. The fourth-order valence-corrected chi connectivity index (χ4v) is 2.68. The van der Waals surface area contributed by atoms with Gasteiger partial charge in [0.05, 0.1) is 19.7 Å². The van der Waals surface area contributed by atoms with Crippen LogP contribution < -0.4 is 14.9 Å². The lowest BCUT2D eigenvalue weighted by atomic mass is 10.2. The number of carbonyl (C=O) groups excluding carboxylic acids is 1. The van der Waals surface area contributed by atoms with Crippen molar-refractivity contribution in [1.82, 2.24) is 9.99 Å². The number of nitrogens with zero attached hydrogens (tertiary/aromatic N) is 2. The molecule has 28 heavy (non-hydrogen) atoms. The number of nitrogens with one attached hydrogen (secondary N) is 1. The molecule has 0 bridgehead atoms. The van der Waals surface area contributed by atoms with E-state index in [2.05, 4.69) is 10.5 Å². The Morgan fingerprint density at radius 3 is 2.64 bits per heavy atom. The van der Waals surface area contributed by atoms with Gasteiger partial charge in [-0.1, -0.05) is 30.3 Å². The summed E-state index contributed by atoms with van der Waals surface area (Å²) in [4.78, 5) is 12.0. The molecule has 2 aromatic carbocycles. The fraction of sp³-hybridized carbons (Fsp3) is 0.182. The van der Waals surface area contributed by atoms with Gasteiger partial charge < -0.3 is 14.0 Å². The number of aryl methyl sites for hydroxylation is 1. The van der Waals surface area contributed by atoms with Gasteiger partial charge in [0.15, 0.2) is 11.5 Å². The maximum Gasteiger partial charge on any atom is 0.245 e. The second-order valence-corrected chi connectivity index (χ2v) is 6.26. The van der Waals surface area contributed by atoms with E-state index in [1.54, 1.807) is 13.3 Å². The Morgan fingerprint density at radius 2 is 1.93 bits per heavy atom. The molecule has 0 saturated heterocycles. The van der Waals surface area contributed by atoms with Crippen molar-refractivity contribution in [3.05, 3.63) is 83.7 Å². The van der Waals surface area contributed by atoms with Crippen LogP contribution in [-0.2, 0) is 24.9 Å². The Labute approximate surface area is 164 Å². The highest BCUT2D eigenvalue weighted by molar-refractivity contribution is 5.83. The zero-order valence-electron chi connectivity index (χ0n) is 16.0. The highest BCUT2D eigenvalue weighted by atomic mass is 16.5. The fourth-order valence-electron chi connectivity index (χ4n) is 2.68. The first-order chi connectivity index (χ1) is 13.7. The van der Waals surface area contributed by atoms with E-state index in [0.717, 1.165) is 16.8 Å². The first-order valence-electron chi connectivity index (χ1n) is 8.92. The van der Waals surface area contributed by atoms with Crippen LogP contribution >= 0.6 is 0 Å². The molecular weight excluding hydrogens is 354 g/mol. The third-order valence-electron chi connectivity index (χ3n) is 4.22. The lowest BCUT2D eigenvalue weighted by Gasteiger charge is -2.11. The standard InChI is InChI=1S/C22H23N3O3/c1-25-12-6-9-19(25)14-22(26)24-23-15-18-10-11-20(27-2)21(13-18)28-16-17-7-4-3-5-8-17/h3-13,15H,14,16H2,1-2H3,(H,24,26)/b23-15-. The summed E-state index contributed by atoms with van der Waals surface area (Å²) in [6, 6.07) is 19.2. The van der Waals surface area contributed by atoms with E-state index in [-0.39, 0.29) is 12.3 Å². The van der Waals surface area contributed by atoms with Crippen LogP contribution in [0.15, 0.2) is 72.0 Å². The Hall–Kier alpha value is -3.54. The third kappa shape index (κ3) is 5.23. The maximum atomic E-state index is 12.0. The highest BCUT2D eigenvalue weighted by Crippen LogP contribution is 2.28. The molecule has 0 aliphatic heterocycles. The number of hydrogen-bond donors (Lipinski definition) is 1. The first-order valence-corrected chi connectivity index (χ1v) is 8.92. The van der Waals surface area contributed by atoms with Crippen LogP contribution in [0.25, 0.3) is 0 Å². The van der Waals surface area contributed by atoms with Crippen LogP contribution in [0.2, 0.25) is 0 Å². The van der Waals surface area contributed by atoms with Crippen LogP contribution in [0.5, 0.6) is 11.5 Å². The van der Waals surface area contributed by atoms with E-state index in [1.165, 1.54) is 0 Å². The normalized spacial score (nSPS) is 10.8. The monoisotopic (exact) mass is 377 g/mol. The number of hydrazone groups is 1. The zero-order chi connectivity index (χ0) is 19.8.